The first kappa shape index (κ1) is 20.6. The summed E-state index contributed by atoms with van der Waals surface area (Å²) in [5.41, 5.74) is 0.819. The largest absolute Gasteiger partial charge is 0.342 e. The highest BCUT2D eigenvalue weighted by Gasteiger charge is 2.35. The smallest absolute Gasteiger partial charge is 0.258 e. The van der Waals surface area contributed by atoms with Crippen LogP contribution in [0.4, 0.5) is 23.1 Å². The highest BCUT2D eigenvalue weighted by molar-refractivity contribution is 6.04. The summed E-state index contributed by atoms with van der Waals surface area (Å²) in [6.07, 6.45) is 3.02. The first-order valence-electron chi connectivity index (χ1n) is 10.3. The molecule has 0 bridgehead atoms. The number of anilines is 4. The molecule has 4 rings (SSSR count). The quantitative estimate of drug-likeness (QED) is 0.591. The maximum absolute atomic E-state index is 12.9. The maximum atomic E-state index is 12.9. The lowest BCUT2D eigenvalue weighted by Crippen LogP contribution is -2.38. The summed E-state index contributed by atoms with van der Waals surface area (Å²) in [5.74, 6) is -1.43. The molecule has 3 amide bonds. The van der Waals surface area contributed by atoms with E-state index in [9.17, 15) is 19.2 Å². The van der Waals surface area contributed by atoms with Crippen molar-refractivity contribution < 1.29 is 14.4 Å². The van der Waals surface area contributed by atoms with Crippen LogP contribution in [0.15, 0.2) is 29.1 Å². The molecule has 2 aromatic rings. The van der Waals surface area contributed by atoms with Crippen molar-refractivity contribution in [3.8, 4) is 0 Å². The van der Waals surface area contributed by atoms with Crippen molar-refractivity contribution in [1.82, 2.24) is 9.97 Å². The molecule has 4 N–H and O–H groups in total. The van der Waals surface area contributed by atoms with Gasteiger partial charge in [0.2, 0.25) is 23.7 Å². The Morgan fingerprint density at radius 1 is 1.03 bits per heavy atom. The topological polar surface area (TPSA) is 136 Å². The molecule has 0 radical (unpaired) electrons. The van der Waals surface area contributed by atoms with E-state index in [1.165, 1.54) is 6.92 Å². The van der Waals surface area contributed by atoms with Crippen molar-refractivity contribution >= 4 is 40.9 Å². The summed E-state index contributed by atoms with van der Waals surface area (Å²) in [4.78, 5) is 58.4. The molecule has 1 aromatic carbocycles. The SMILES string of the molecule is CC(=O)Nc1ccc(NC(=O)[C@@H]2CC(=O)Nc3nc(N4CCCCC4)[nH]c(=O)c32)cc1. The Morgan fingerprint density at radius 2 is 1.68 bits per heavy atom. The molecule has 10 heteroatoms. The highest BCUT2D eigenvalue weighted by atomic mass is 16.2. The number of carbonyl (C=O) groups is 3. The number of benzene rings is 1. The number of amides is 3. The fourth-order valence-corrected chi connectivity index (χ4v) is 3.91. The number of hydrogen-bond acceptors (Lipinski definition) is 6. The molecule has 0 aliphatic carbocycles. The molecule has 162 valence electrons. The number of aromatic nitrogens is 2. The molecule has 2 aliphatic rings. The molecule has 0 saturated carbocycles. The van der Waals surface area contributed by atoms with E-state index < -0.39 is 17.4 Å². The van der Waals surface area contributed by atoms with Crippen LogP contribution >= 0.6 is 0 Å². The number of rotatable bonds is 4. The van der Waals surface area contributed by atoms with Crippen LogP contribution in [0.2, 0.25) is 0 Å². The molecule has 31 heavy (non-hydrogen) atoms. The van der Waals surface area contributed by atoms with Crippen LogP contribution in [-0.4, -0.2) is 40.8 Å². The van der Waals surface area contributed by atoms with E-state index in [4.69, 9.17) is 0 Å². The minimum atomic E-state index is -0.953. The second-order valence-corrected chi connectivity index (χ2v) is 7.75. The molecular formula is C21H24N6O4. The van der Waals surface area contributed by atoms with Gasteiger partial charge in [-0.2, -0.15) is 4.98 Å². The minimum absolute atomic E-state index is 0.140. The maximum Gasteiger partial charge on any atom is 0.258 e. The van der Waals surface area contributed by atoms with Crippen molar-refractivity contribution in [3.63, 3.8) is 0 Å². The molecule has 1 atom stereocenters. The molecular weight excluding hydrogens is 400 g/mol. The molecule has 3 heterocycles. The van der Waals surface area contributed by atoms with Crippen LogP contribution in [0.1, 0.15) is 44.1 Å². The van der Waals surface area contributed by atoms with Gasteiger partial charge in [-0.1, -0.05) is 0 Å². The normalized spacial score (nSPS) is 18.0. The number of H-pyrrole nitrogens is 1. The van der Waals surface area contributed by atoms with Crippen LogP contribution in [0.25, 0.3) is 0 Å². The van der Waals surface area contributed by atoms with Gasteiger partial charge in [-0.25, -0.2) is 0 Å². The van der Waals surface area contributed by atoms with Gasteiger partial charge in [0.25, 0.3) is 5.56 Å². The van der Waals surface area contributed by atoms with Crippen molar-refractivity contribution in [2.75, 3.05) is 33.9 Å². The number of nitrogens with zero attached hydrogens (tertiary/aromatic N) is 2. The average Bonchev–Trinajstić information content (AvgIpc) is 2.74. The van der Waals surface area contributed by atoms with E-state index in [1.807, 2.05) is 4.90 Å². The highest BCUT2D eigenvalue weighted by Crippen LogP contribution is 2.30. The van der Waals surface area contributed by atoms with Gasteiger partial charge in [0.15, 0.2) is 0 Å². The Kier molecular flexibility index (Phi) is 5.70. The number of carbonyl (C=O) groups excluding carboxylic acids is 3. The zero-order valence-corrected chi connectivity index (χ0v) is 17.2. The zero-order chi connectivity index (χ0) is 22.0. The van der Waals surface area contributed by atoms with Crippen molar-refractivity contribution in [3.05, 3.63) is 40.2 Å². The second kappa shape index (κ2) is 8.58. The molecule has 0 unspecified atom stereocenters. The predicted molar refractivity (Wildman–Crippen MR) is 116 cm³/mol. The van der Waals surface area contributed by atoms with E-state index in [1.54, 1.807) is 24.3 Å². The van der Waals surface area contributed by atoms with E-state index in [2.05, 4.69) is 25.9 Å². The number of hydrogen-bond donors (Lipinski definition) is 4. The fraction of sp³-hybridized carbons (Fsp3) is 0.381. The summed E-state index contributed by atoms with van der Waals surface area (Å²) in [7, 11) is 0. The van der Waals surface area contributed by atoms with Crippen molar-refractivity contribution in [2.45, 2.75) is 38.5 Å². The van der Waals surface area contributed by atoms with Gasteiger partial charge in [0, 0.05) is 37.8 Å². The van der Waals surface area contributed by atoms with Gasteiger partial charge >= 0.3 is 0 Å². The summed E-state index contributed by atoms with van der Waals surface area (Å²) in [6.45, 7) is 2.98. The van der Waals surface area contributed by atoms with E-state index in [0.717, 1.165) is 32.4 Å². The van der Waals surface area contributed by atoms with Crippen LogP contribution in [-0.2, 0) is 14.4 Å². The summed E-state index contributed by atoms with van der Waals surface area (Å²) in [5, 5.41) is 8.02. The first-order chi connectivity index (χ1) is 14.9. The van der Waals surface area contributed by atoms with E-state index in [0.29, 0.717) is 17.3 Å². The first-order valence-corrected chi connectivity index (χ1v) is 10.3. The van der Waals surface area contributed by atoms with Gasteiger partial charge in [-0.15, -0.1) is 0 Å². The minimum Gasteiger partial charge on any atom is -0.342 e. The number of fused-ring (bicyclic) bond motifs is 1. The summed E-state index contributed by atoms with van der Waals surface area (Å²) in [6, 6.07) is 6.57. The lowest BCUT2D eigenvalue weighted by Gasteiger charge is -2.29. The van der Waals surface area contributed by atoms with Gasteiger partial charge in [-0.05, 0) is 43.5 Å². The molecule has 1 fully saturated rings. The van der Waals surface area contributed by atoms with Crippen molar-refractivity contribution in [2.24, 2.45) is 0 Å². The summed E-state index contributed by atoms with van der Waals surface area (Å²) < 4.78 is 0. The number of nitrogens with one attached hydrogen (secondary N) is 4. The third-order valence-electron chi connectivity index (χ3n) is 5.38. The number of piperidine rings is 1. The average molecular weight is 424 g/mol. The molecule has 2 aliphatic heterocycles. The van der Waals surface area contributed by atoms with Crippen LogP contribution < -0.4 is 26.4 Å². The number of aromatic amines is 1. The lowest BCUT2D eigenvalue weighted by molar-refractivity contribution is -0.123. The van der Waals surface area contributed by atoms with Crippen LogP contribution in [0, 0.1) is 0 Å². The van der Waals surface area contributed by atoms with Gasteiger partial charge < -0.3 is 20.9 Å². The van der Waals surface area contributed by atoms with Gasteiger partial charge in [0.05, 0.1) is 11.5 Å². The van der Waals surface area contributed by atoms with Crippen molar-refractivity contribution in [1.29, 1.82) is 0 Å². The Bertz CT molecular complexity index is 1070. The molecule has 1 aromatic heterocycles. The molecule has 10 nitrogen and oxygen atoms in total. The molecule has 0 spiro atoms. The van der Waals surface area contributed by atoms with E-state index >= 15 is 0 Å². The Balaban J connectivity index is 1.57. The third kappa shape index (κ3) is 4.57. The zero-order valence-electron chi connectivity index (χ0n) is 17.2. The van der Waals surface area contributed by atoms with E-state index in [-0.39, 0.29) is 29.6 Å². The monoisotopic (exact) mass is 424 g/mol. The second-order valence-electron chi connectivity index (χ2n) is 7.75. The van der Waals surface area contributed by atoms with Gasteiger partial charge in [0.1, 0.15) is 5.82 Å². The lowest BCUT2D eigenvalue weighted by atomic mass is 9.92. The predicted octanol–water partition coefficient (Wildman–Crippen LogP) is 1.78. The van der Waals surface area contributed by atoms with Crippen LogP contribution in [0.5, 0.6) is 0 Å². The standard InChI is InChI=1S/C21H24N6O4/c1-12(28)22-13-5-7-14(8-6-13)23-19(30)15-11-16(29)24-18-17(15)20(31)26-21(25-18)27-9-3-2-4-10-27/h5-8,15H,2-4,9-11H2,1H3,(H,22,28)(H,23,30)(H2,24,25,26,29,31)/t15-/m1/s1. The Hall–Kier alpha value is -3.69. The Labute approximate surface area is 178 Å². The third-order valence-corrected chi connectivity index (χ3v) is 5.38. The van der Waals surface area contributed by atoms with Gasteiger partial charge in [-0.3, -0.25) is 24.2 Å². The Morgan fingerprint density at radius 3 is 2.32 bits per heavy atom. The fourth-order valence-electron chi connectivity index (χ4n) is 3.91. The molecule has 1 saturated heterocycles. The van der Waals surface area contributed by atoms with Crippen LogP contribution in [0.3, 0.4) is 0 Å². The summed E-state index contributed by atoms with van der Waals surface area (Å²) >= 11 is 0.